The minimum absolute atomic E-state index is 0.0803. The Morgan fingerprint density at radius 3 is 2.79 bits per heavy atom. The van der Waals surface area contributed by atoms with Crippen molar-refractivity contribution in [2.24, 2.45) is 0 Å². The molecule has 1 heterocycles. The van der Waals surface area contributed by atoms with Crippen molar-refractivity contribution in [1.82, 2.24) is 14.9 Å². The van der Waals surface area contributed by atoms with E-state index in [9.17, 15) is 19.7 Å². The maximum Gasteiger partial charge on any atom is 0.273 e. The molecule has 0 spiro atoms. The van der Waals surface area contributed by atoms with E-state index in [0.29, 0.717) is 18.5 Å². The van der Waals surface area contributed by atoms with Gasteiger partial charge in [0, 0.05) is 36.5 Å². The molecular formula is C16H18N4O4. The first-order chi connectivity index (χ1) is 11.5. The summed E-state index contributed by atoms with van der Waals surface area (Å²) in [5.41, 5.74) is 0.820. The zero-order chi connectivity index (χ0) is 17.5. The molecule has 0 saturated heterocycles. The number of nitrogens with one attached hydrogen (secondary N) is 1. The number of aryl methyl sites for hydroxylation is 1. The molecule has 2 aromatic rings. The molecule has 1 amide bonds. The van der Waals surface area contributed by atoms with Crippen LogP contribution in [0, 0.1) is 10.1 Å². The second-order valence-corrected chi connectivity index (χ2v) is 5.18. The number of hydrogen-bond donors (Lipinski definition) is 1. The molecule has 0 aliphatic rings. The molecule has 0 radical (unpaired) electrons. The zero-order valence-electron chi connectivity index (χ0n) is 13.3. The molecule has 0 aliphatic carbocycles. The summed E-state index contributed by atoms with van der Waals surface area (Å²) in [6.45, 7) is 2.44. The lowest BCUT2D eigenvalue weighted by Crippen LogP contribution is -2.32. The van der Waals surface area contributed by atoms with Gasteiger partial charge in [-0.25, -0.2) is 4.98 Å². The van der Waals surface area contributed by atoms with Crippen LogP contribution in [0.1, 0.15) is 18.2 Å². The normalized spacial score (nSPS) is 10.4. The van der Waals surface area contributed by atoms with Crippen molar-refractivity contribution in [2.45, 2.75) is 26.3 Å². The molecule has 1 aromatic heterocycles. The van der Waals surface area contributed by atoms with Crippen LogP contribution in [0.3, 0.4) is 0 Å². The van der Waals surface area contributed by atoms with E-state index in [1.807, 2.05) is 6.92 Å². The molecule has 1 aromatic carbocycles. The van der Waals surface area contributed by atoms with Gasteiger partial charge in [-0.2, -0.15) is 0 Å². The Bertz CT molecular complexity index is 801. The third-order valence-electron chi connectivity index (χ3n) is 3.51. The molecule has 0 bridgehead atoms. The topological polar surface area (TPSA) is 107 Å². The van der Waals surface area contributed by atoms with Crippen molar-refractivity contribution in [1.29, 1.82) is 0 Å². The van der Waals surface area contributed by atoms with Crippen molar-refractivity contribution in [3.63, 3.8) is 0 Å². The van der Waals surface area contributed by atoms with Gasteiger partial charge in [0.05, 0.1) is 17.7 Å². The lowest BCUT2D eigenvalue weighted by Gasteiger charge is -2.08. The first-order valence-corrected chi connectivity index (χ1v) is 7.55. The minimum atomic E-state index is -0.511. The highest BCUT2D eigenvalue weighted by atomic mass is 16.6. The fourth-order valence-corrected chi connectivity index (χ4v) is 2.21. The first kappa shape index (κ1) is 17.3. The summed E-state index contributed by atoms with van der Waals surface area (Å²) in [6, 6.07) is 7.59. The quantitative estimate of drug-likeness (QED) is 0.603. The van der Waals surface area contributed by atoms with Gasteiger partial charge in [0.1, 0.15) is 0 Å². The number of nitro groups is 1. The maximum atomic E-state index is 11.9. The maximum absolute atomic E-state index is 11.9. The second-order valence-electron chi connectivity index (χ2n) is 5.18. The Morgan fingerprint density at radius 2 is 2.12 bits per heavy atom. The molecule has 24 heavy (non-hydrogen) atoms. The van der Waals surface area contributed by atoms with Crippen LogP contribution < -0.4 is 10.9 Å². The zero-order valence-corrected chi connectivity index (χ0v) is 13.3. The fourth-order valence-electron chi connectivity index (χ4n) is 2.21. The molecular weight excluding hydrogens is 312 g/mol. The lowest BCUT2D eigenvalue weighted by molar-refractivity contribution is -0.385. The standard InChI is InChI=1S/C16H18N4O4/c1-2-13-10-16(22)19(11-18-13)8-7-17-15(21)9-12-5-3-4-6-14(12)20(23)24/h3-6,10-11H,2,7-9H2,1H3,(H,17,21). The molecule has 8 nitrogen and oxygen atoms in total. The summed E-state index contributed by atoms with van der Waals surface area (Å²) < 4.78 is 1.41. The van der Waals surface area contributed by atoms with Crippen LogP contribution in [-0.4, -0.2) is 26.9 Å². The average Bonchev–Trinajstić information content (AvgIpc) is 2.56. The van der Waals surface area contributed by atoms with Crippen LogP contribution in [-0.2, 0) is 24.2 Å². The third-order valence-corrected chi connectivity index (χ3v) is 3.51. The van der Waals surface area contributed by atoms with Gasteiger partial charge in [-0.3, -0.25) is 24.3 Å². The van der Waals surface area contributed by atoms with Gasteiger partial charge >= 0.3 is 0 Å². The van der Waals surface area contributed by atoms with E-state index in [-0.39, 0.29) is 30.1 Å². The fraction of sp³-hybridized carbons (Fsp3) is 0.312. The summed E-state index contributed by atoms with van der Waals surface area (Å²) >= 11 is 0. The molecule has 0 aliphatic heterocycles. The van der Waals surface area contributed by atoms with E-state index in [2.05, 4.69) is 10.3 Å². The average molecular weight is 330 g/mol. The smallest absolute Gasteiger partial charge is 0.273 e. The summed E-state index contributed by atoms with van der Waals surface area (Å²) in [5, 5.41) is 13.6. The van der Waals surface area contributed by atoms with Crippen LogP contribution in [0.5, 0.6) is 0 Å². The van der Waals surface area contributed by atoms with Gasteiger partial charge in [0.15, 0.2) is 0 Å². The second kappa shape index (κ2) is 8.00. The lowest BCUT2D eigenvalue weighted by atomic mass is 10.1. The Hall–Kier alpha value is -3.03. The predicted octanol–water partition coefficient (Wildman–Crippen LogP) is 1.07. The number of carbonyl (C=O) groups is 1. The summed E-state index contributed by atoms with van der Waals surface area (Å²) in [5.74, 6) is -0.338. The van der Waals surface area contributed by atoms with E-state index >= 15 is 0 Å². The number of nitrogens with zero attached hydrogens (tertiary/aromatic N) is 3. The molecule has 2 rings (SSSR count). The number of benzene rings is 1. The van der Waals surface area contributed by atoms with Crippen LogP contribution in [0.25, 0.3) is 0 Å². The number of nitro benzene ring substituents is 1. The number of amides is 1. The van der Waals surface area contributed by atoms with Crippen molar-refractivity contribution < 1.29 is 9.72 Å². The van der Waals surface area contributed by atoms with Gasteiger partial charge < -0.3 is 5.32 Å². The van der Waals surface area contributed by atoms with Gasteiger partial charge in [-0.1, -0.05) is 25.1 Å². The van der Waals surface area contributed by atoms with Crippen molar-refractivity contribution in [3.05, 3.63) is 68.4 Å². The van der Waals surface area contributed by atoms with E-state index in [4.69, 9.17) is 0 Å². The number of carbonyl (C=O) groups excluding carboxylic acids is 1. The van der Waals surface area contributed by atoms with E-state index in [1.54, 1.807) is 18.2 Å². The summed E-state index contributed by atoms with van der Waals surface area (Å²) in [7, 11) is 0. The Labute approximate surface area is 138 Å². The summed E-state index contributed by atoms with van der Waals surface area (Å²) in [4.78, 5) is 38.3. The molecule has 0 fully saturated rings. The monoisotopic (exact) mass is 330 g/mol. The largest absolute Gasteiger partial charge is 0.354 e. The Balaban J connectivity index is 1.90. The molecule has 1 N–H and O–H groups in total. The third kappa shape index (κ3) is 4.48. The van der Waals surface area contributed by atoms with Crippen molar-refractivity contribution in [3.8, 4) is 0 Å². The molecule has 8 heteroatoms. The highest BCUT2D eigenvalue weighted by Gasteiger charge is 2.15. The van der Waals surface area contributed by atoms with E-state index in [0.717, 1.165) is 5.69 Å². The van der Waals surface area contributed by atoms with Crippen LogP contribution in [0.15, 0.2) is 41.5 Å². The van der Waals surface area contributed by atoms with Gasteiger partial charge in [-0.05, 0) is 6.42 Å². The number of hydrogen-bond acceptors (Lipinski definition) is 5. The molecule has 0 atom stereocenters. The highest BCUT2D eigenvalue weighted by molar-refractivity contribution is 5.79. The molecule has 0 saturated carbocycles. The van der Waals surface area contributed by atoms with Gasteiger partial charge in [-0.15, -0.1) is 0 Å². The van der Waals surface area contributed by atoms with Gasteiger partial charge in [0.2, 0.25) is 5.91 Å². The van der Waals surface area contributed by atoms with Crippen LogP contribution >= 0.6 is 0 Å². The van der Waals surface area contributed by atoms with Crippen LogP contribution in [0.4, 0.5) is 5.69 Å². The minimum Gasteiger partial charge on any atom is -0.354 e. The first-order valence-electron chi connectivity index (χ1n) is 7.55. The van der Waals surface area contributed by atoms with Crippen molar-refractivity contribution >= 4 is 11.6 Å². The molecule has 0 unspecified atom stereocenters. The van der Waals surface area contributed by atoms with E-state index < -0.39 is 4.92 Å². The SMILES string of the molecule is CCc1cc(=O)n(CCNC(=O)Cc2ccccc2[N+](=O)[O-])cn1. The Morgan fingerprint density at radius 1 is 1.38 bits per heavy atom. The molecule has 126 valence electrons. The Kier molecular flexibility index (Phi) is 5.78. The highest BCUT2D eigenvalue weighted by Crippen LogP contribution is 2.17. The summed E-state index contributed by atoms with van der Waals surface area (Å²) in [6.07, 6.45) is 2.05. The van der Waals surface area contributed by atoms with Gasteiger partial charge in [0.25, 0.3) is 11.2 Å². The predicted molar refractivity (Wildman–Crippen MR) is 87.7 cm³/mol. The number of para-hydroxylation sites is 1. The van der Waals surface area contributed by atoms with E-state index in [1.165, 1.54) is 23.0 Å². The van der Waals surface area contributed by atoms with Crippen LogP contribution in [0.2, 0.25) is 0 Å². The number of aromatic nitrogens is 2. The number of rotatable bonds is 7. The van der Waals surface area contributed by atoms with Crippen molar-refractivity contribution in [2.75, 3.05) is 6.54 Å².